The molecule has 0 fully saturated rings. The van der Waals surface area contributed by atoms with Gasteiger partial charge in [-0.3, -0.25) is 0 Å². The molecule has 0 aliphatic carbocycles. The monoisotopic (exact) mass is 496 g/mol. The number of para-hydroxylation sites is 2. The molecule has 0 amide bonds. The Hall–Kier alpha value is -4.45. The Labute approximate surface area is 214 Å². The summed E-state index contributed by atoms with van der Waals surface area (Å²) in [5.74, 6) is -1.43. The number of esters is 1. The summed E-state index contributed by atoms with van der Waals surface area (Å²) in [6, 6.07) is 30.3. The molecule has 4 nitrogen and oxygen atoms in total. The highest BCUT2D eigenvalue weighted by Gasteiger charge is 2.43. The van der Waals surface area contributed by atoms with Crippen LogP contribution in [0.25, 0.3) is 0 Å². The Balaban J connectivity index is 1.81. The van der Waals surface area contributed by atoms with Crippen LogP contribution in [0.1, 0.15) is 29.6 Å². The van der Waals surface area contributed by atoms with Crippen molar-refractivity contribution in [2.45, 2.75) is 18.5 Å². The molecule has 37 heavy (non-hydrogen) atoms. The van der Waals surface area contributed by atoms with Gasteiger partial charge in [0.2, 0.25) is 0 Å². The summed E-state index contributed by atoms with van der Waals surface area (Å²) in [5.41, 5.74) is 3.04. The quantitative estimate of drug-likeness (QED) is 0.287. The fraction of sp³-hybridized carbons (Fsp3) is 0.129. The predicted octanol–water partition coefficient (Wildman–Crippen LogP) is 7.20. The van der Waals surface area contributed by atoms with Gasteiger partial charge in [-0.05, 0) is 36.4 Å². The average Bonchev–Trinajstić information content (AvgIpc) is 2.94. The van der Waals surface area contributed by atoms with E-state index in [1.165, 1.54) is 19.2 Å². The minimum absolute atomic E-state index is 0.264. The topological polar surface area (TPSA) is 41.6 Å². The highest BCUT2D eigenvalue weighted by Crippen LogP contribution is 2.48. The fourth-order valence-electron chi connectivity index (χ4n) is 4.98. The van der Waals surface area contributed by atoms with Crippen LogP contribution in [-0.4, -0.2) is 13.1 Å². The van der Waals surface area contributed by atoms with Gasteiger partial charge in [-0.2, -0.15) is 0 Å². The van der Waals surface area contributed by atoms with Crippen molar-refractivity contribution in [3.8, 4) is 0 Å². The Morgan fingerprint density at radius 1 is 0.784 bits per heavy atom. The molecule has 2 unspecified atom stereocenters. The molecular formula is C31H26F2N2O2. The molecule has 1 aliphatic rings. The maximum atomic E-state index is 15.5. The van der Waals surface area contributed by atoms with Crippen LogP contribution in [-0.2, 0) is 9.53 Å². The summed E-state index contributed by atoms with van der Waals surface area (Å²) in [7, 11) is 1.31. The van der Waals surface area contributed by atoms with Crippen LogP contribution in [0.5, 0.6) is 0 Å². The number of benzene rings is 4. The number of carbonyl (C=O) groups excluding carboxylic acids is 1. The minimum atomic E-state index is -0.888. The van der Waals surface area contributed by atoms with Crippen molar-refractivity contribution in [2.24, 2.45) is 0 Å². The number of hydrogen-bond acceptors (Lipinski definition) is 4. The fourth-order valence-corrected chi connectivity index (χ4v) is 4.98. The third kappa shape index (κ3) is 4.83. The van der Waals surface area contributed by atoms with Crippen LogP contribution < -0.4 is 10.2 Å². The number of halogens is 2. The molecular weight excluding hydrogens is 470 g/mol. The second kappa shape index (κ2) is 10.7. The standard InChI is InChI=1S/C31H26F2N2O2/c1-37-31(36)29-27(34-21-12-4-2-5-13-21)20-28(23-16-8-10-18-25(23)32)35(22-14-6-3-7-15-22)30(29)24-17-9-11-19-26(24)33/h2-19,28,30,34H,20H2,1H3. The number of nitrogens with one attached hydrogen (secondary N) is 1. The third-order valence-corrected chi connectivity index (χ3v) is 6.60. The Bertz CT molecular complexity index is 1420. The molecule has 4 aromatic carbocycles. The molecule has 6 heteroatoms. The summed E-state index contributed by atoms with van der Waals surface area (Å²) < 4.78 is 36.0. The second-order valence-corrected chi connectivity index (χ2v) is 8.78. The molecule has 0 radical (unpaired) electrons. The first-order valence-corrected chi connectivity index (χ1v) is 12.0. The molecule has 0 saturated carbocycles. The number of hydrogen-bond donors (Lipinski definition) is 1. The molecule has 1 N–H and O–H groups in total. The Morgan fingerprint density at radius 2 is 1.32 bits per heavy atom. The number of ether oxygens (including phenoxy) is 1. The van der Waals surface area contributed by atoms with E-state index in [4.69, 9.17) is 4.74 Å². The van der Waals surface area contributed by atoms with Gasteiger partial charge in [0, 0.05) is 34.6 Å². The summed E-state index contributed by atoms with van der Waals surface area (Å²) in [5, 5.41) is 3.36. The summed E-state index contributed by atoms with van der Waals surface area (Å²) >= 11 is 0. The van der Waals surface area contributed by atoms with E-state index in [0.29, 0.717) is 16.8 Å². The maximum Gasteiger partial charge on any atom is 0.337 e. The van der Waals surface area contributed by atoms with Crippen LogP contribution >= 0.6 is 0 Å². The first kappa shape index (κ1) is 24.3. The lowest BCUT2D eigenvalue weighted by atomic mass is 9.83. The molecule has 186 valence electrons. The third-order valence-electron chi connectivity index (χ3n) is 6.60. The van der Waals surface area contributed by atoms with E-state index in [1.54, 1.807) is 36.4 Å². The molecule has 0 spiro atoms. The summed E-state index contributed by atoms with van der Waals surface area (Å²) in [6.45, 7) is 0. The lowest BCUT2D eigenvalue weighted by Gasteiger charge is -2.45. The van der Waals surface area contributed by atoms with E-state index in [2.05, 4.69) is 5.32 Å². The number of nitrogens with zero attached hydrogens (tertiary/aromatic N) is 1. The van der Waals surface area contributed by atoms with Crippen molar-refractivity contribution in [3.05, 3.63) is 143 Å². The molecule has 0 aromatic heterocycles. The van der Waals surface area contributed by atoms with Gasteiger partial charge in [-0.15, -0.1) is 0 Å². The van der Waals surface area contributed by atoms with Gasteiger partial charge in [0.05, 0.1) is 24.8 Å². The molecule has 5 rings (SSSR count). The second-order valence-electron chi connectivity index (χ2n) is 8.78. The predicted molar refractivity (Wildman–Crippen MR) is 141 cm³/mol. The van der Waals surface area contributed by atoms with Crippen LogP contribution in [0.3, 0.4) is 0 Å². The largest absolute Gasteiger partial charge is 0.466 e. The lowest BCUT2D eigenvalue weighted by Crippen LogP contribution is -2.42. The Kier molecular flexibility index (Phi) is 6.99. The average molecular weight is 497 g/mol. The zero-order valence-electron chi connectivity index (χ0n) is 20.3. The SMILES string of the molecule is COC(=O)C1=C(Nc2ccccc2)CC(c2ccccc2F)N(c2ccccc2)C1c1ccccc1F. The molecule has 2 atom stereocenters. The summed E-state index contributed by atoms with van der Waals surface area (Å²) in [4.78, 5) is 15.3. The van der Waals surface area contributed by atoms with Gasteiger partial charge in [0.1, 0.15) is 11.6 Å². The molecule has 0 bridgehead atoms. The first-order chi connectivity index (χ1) is 18.1. The highest BCUT2D eigenvalue weighted by molar-refractivity contribution is 5.93. The van der Waals surface area contributed by atoms with Crippen LogP contribution in [0.15, 0.2) is 120 Å². The maximum absolute atomic E-state index is 15.5. The van der Waals surface area contributed by atoms with Crippen LogP contribution in [0.2, 0.25) is 0 Å². The Morgan fingerprint density at radius 3 is 1.92 bits per heavy atom. The van der Waals surface area contributed by atoms with Crippen molar-refractivity contribution in [1.29, 1.82) is 0 Å². The molecule has 4 aromatic rings. The first-order valence-electron chi connectivity index (χ1n) is 12.0. The highest BCUT2D eigenvalue weighted by atomic mass is 19.1. The van der Waals surface area contributed by atoms with E-state index < -0.39 is 23.9 Å². The van der Waals surface area contributed by atoms with Gasteiger partial charge in [-0.25, -0.2) is 13.6 Å². The van der Waals surface area contributed by atoms with Gasteiger partial charge in [-0.1, -0.05) is 72.8 Å². The minimum Gasteiger partial charge on any atom is -0.466 e. The van der Waals surface area contributed by atoms with Crippen molar-refractivity contribution in [3.63, 3.8) is 0 Å². The number of methoxy groups -OCH3 is 1. The van der Waals surface area contributed by atoms with Crippen molar-refractivity contribution < 1.29 is 18.3 Å². The van der Waals surface area contributed by atoms with E-state index in [1.807, 2.05) is 65.6 Å². The molecule has 1 aliphatic heterocycles. The van der Waals surface area contributed by atoms with Crippen molar-refractivity contribution >= 4 is 17.3 Å². The van der Waals surface area contributed by atoms with Gasteiger partial charge in [0.15, 0.2) is 0 Å². The number of carbonyl (C=O) groups is 1. The van der Waals surface area contributed by atoms with Gasteiger partial charge in [0.25, 0.3) is 0 Å². The van der Waals surface area contributed by atoms with E-state index in [9.17, 15) is 4.79 Å². The zero-order chi connectivity index (χ0) is 25.8. The van der Waals surface area contributed by atoms with E-state index in [-0.39, 0.29) is 17.8 Å². The molecule has 0 saturated heterocycles. The van der Waals surface area contributed by atoms with Crippen molar-refractivity contribution in [1.82, 2.24) is 0 Å². The van der Waals surface area contributed by atoms with Crippen LogP contribution in [0.4, 0.5) is 20.2 Å². The number of rotatable bonds is 6. The van der Waals surface area contributed by atoms with Gasteiger partial charge >= 0.3 is 5.97 Å². The smallest absolute Gasteiger partial charge is 0.337 e. The zero-order valence-corrected chi connectivity index (χ0v) is 20.3. The summed E-state index contributed by atoms with van der Waals surface area (Å²) in [6.07, 6.45) is 0.264. The number of anilines is 2. The van der Waals surface area contributed by atoms with E-state index >= 15 is 8.78 Å². The van der Waals surface area contributed by atoms with Crippen LogP contribution in [0, 0.1) is 11.6 Å². The lowest BCUT2D eigenvalue weighted by molar-refractivity contribution is -0.136. The molecule has 1 heterocycles. The van der Waals surface area contributed by atoms with E-state index in [0.717, 1.165) is 11.4 Å². The normalized spacial score (nSPS) is 17.4. The van der Waals surface area contributed by atoms with Gasteiger partial charge < -0.3 is 15.0 Å². The van der Waals surface area contributed by atoms with Crippen molar-refractivity contribution in [2.75, 3.05) is 17.3 Å².